The lowest BCUT2D eigenvalue weighted by Gasteiger charge is -2.12. The van der Waals surface area contributed by atoms with Gasteiger partial charge in [0.2, 0.25) is 0 Å². The Kier molecular flexibility index (Phi) is 4.70. The zero-order chi connectivity index (χ0) is 15.6. The molecule has 0 aliphatic rings. The van der Waals surface area contributed by atoms with E-state index in [1.54, 1.807) is 19.2 Å². The Hall–Kier alpha value is -1.78. The van der Waals surface area contributed by atoms with Crippen molar-refractivity contribution in [3.05, 3.63) is 57.3 Å². The quantitative estimate of drug-likeness (QED) is 0.855. The Balaban J connectivity index is 2.35. The van der Waals surface area contributed by atoms with Gasteiger partial charge in [-0.2, -0.15) is 0 Å². The summed E-state index contributed by atoms with van der Waals surface area (Å²) in [5.74, 6) is -0.973. The molecule has 0 atom stereocenters. The zero-order valence-corrected chi connectivity index (χ0v) is 12.9. The van der Waals surface area contributed by atoms with Crippen LogP contribution in [0.15, 0.2) is 30.3 Å². The van der Waals surface area contributed by atoms with Crippen molar-refractivity contribution in [1.82, 2.24) is 0 Å². The number of amides is 1. The number of para-hydroxylation sites is 1. The molecule has 0 aromatic heterocycles. The fraction of sp³-hybridized carbons (Fsp3) is 0.133. The van der Waals surface area contributed by atoms with Crippen LogP contribution in [0.1, 0.15) is 15.9 Å². The Bertz CT molecular complexity index is 704. The topological polar surface area (TPSA) is 41.1 Å². The maximum absolute atomic E-state index is 13.7. The Morgan fingerprint density at radius 2 is 1.90 bits per heavy atom. The largest absolute Gasteiger partial charge is 0.385 e. The van der Waals surface area contributed by atoms with Gasteiger partial charge in [0, 0.05) is 12.1 Å². The monoisotopic (exact) mass is 326 g/mol. The van der Waals surface area contributed by atoms with Gasteiger partial charge in [-0.1, -0.05) is 29.3 Å². The molecule has 0 spiro atoms. The molecular formula is C15H13Cl2FN2O. The molecule has 110 valence electrons. The average Bonchev–Trinajstić information content (AvgIpc) is 2.44. The minimum absolute atomic E-state index is 0.129. The van der Waals surface area contributed by atoms with E-state index < -0.39 is 11.7 Å². The van der Waals surface area contributed by atoms with E-state index in [4.69, 9.17) is 23.2 Å². The molecule has 3 nitrogen and oxygen atoms in total. The summed E-state index contributed by atoms with van der Waals surface area (Å²) in [6.45, 7) is 1.81. The minimum atomic E-state index is -0.502. The third kappa shape index (κ3) is 3.28. The molecule has 0 bridgehead atoms. The van der Waals surface area contributed by atoms with Crippen LogP contribution >= 0.6 is 23.2 Å². The third-order valence-corrected chi connectivity index (χ3v) is 3.72. The summed E-state index contributed by atoms with van der Waals surface area (Å²) < 4.78 is 13.7. The number of benzene rings is 2. The van der Waals surface area contributed by atoms with Gasteiger partial charge in [-0.25, -0.2) is 4.39 Å². The summed E-state index contributed by atoms with van der Waals surface area (Å²) in [5, 5.41) is 6.16. The first-order valence-corrected chi connectivity index (χ1v) is 6.93. The number of anilines is 2. The van der Waals surface area contributed by atoms with E-state index in [1.807, 2.05) is 6.92 Å². The van der Waals surface area contributed by atoms with Gasteiger partial charge in [0.25, 0.3) is 5.91 Å². The number of nitrogens with one attached hydrogen (secondary N) is 2. The molecule has 0 aliphatic heterocycles. The summed E-state index contributed by atoms with van der Waals surface area (Å²) in [6, 6.07) is 7.49. The average molecular weight is 327 g/mol. The van der Waals surface area contributed by atoms with Crippen LogP contribution in [0.3, 0.4) is 0 Å². The number of aryl methyl sites for hydroxylation is 1. The van der Waals surface area contributed by atoms with Crippen molar-refractivity contribution in [1.29, 1.82) is 0 Å². The third-order valence-electron chi connectivity index (χ3n) is 3.00. The van der Waals surface area contributed by atoms with E-state index >= 15 is 0 Å². The molecule has 2 rings (SSSR count). The second-order valence-electron chi connectivity index (χ2n) is 4.45. The Morgan fingerprint density at radius 3 is 2.57 bits per heavy atom. The van der Waals surface area contributed by atoms with E-state index in [0.29, 0.717) is 15.7 Å². The van der Waals surface area contributed by atoms with Crippen LogP contribution in [-0.4, -0.2) is 13.0 Å². The lowest BCUT2D eigenvalue weighted by atomic mass is 10.1. The second kappa shape index (κ2) is 6.33. The smallest absolute Gasteiger partial charge is 0.257 e. The molecular weight excluding hydrogens is 314 g/mol. The molecule has 0 heterocycles. The fourth-order valence-electron chi connectivity index (χ4n) is 1.90. The molecule has 0 aliphatic carbocycles. The van der Waals surface area contributed by atoms with E-state index in [2.05, 4.69) is 10.6 Å². The normalized spacial score (nSPS) is 10.3. The van der Waals surface area contributed by atoms with Gasteiger partial charge >= 0.3 is 0 Å². The second-order valence-corrected chi connectivity index (χ2v) is 5.26. The van der Waals surface area contributed by atoms with E-state index in [1.165, 1.54) is 18.2 Å². The van der Waals surface area contributed by atoms with Crippen LogP contribution in [0, 0.1) is 12.7 Å². The predicted octanol–water partition coefficient (Wildman–Crippen LogP) is 4.73. The van der Waals surface area contributed by atoms with Crippen LogP contribution in [0.5, 0.6) is 0 Å². The molecule has 2 aromatic rings. The maximum atomic E-state index is 13.7. The number of carbonyl (C=O) groups excluding carboxylic acids is 1. The van der Waals surface area contributed by atoms with Crippen LogP contribution in [0.2, 0.25) is 10.0 Å². The van der Waals surface area contributed by atoms with Crippen molar-refractivity contribution in [3.63, 3.8) is 0 Å². The first-order valence-electron chi connectivity index (χ1n) is 6.17. The van der Waals surface area contributed by atoms with Gasteiger partial charge in [-0.05, 0) is 36.8 Å². The summed E-state index contributed by atoms with van der Waals surface area (Å²) in [5.41, 5.74) is 1.50. The number of rotatable bonds is 3. The molecule has 0 saturated carbocycles. The van der Waals surface area contributed by atoms with Crippen molar-refractivity contribution < 1.29 is 9.18 Å². The minimum Gasteiger partial charge on any atom is -0.385 e. The van der Waals surface area contributed by atoms with Crippen molar-refractivity contribution in [2.75, 3.05) is 17.7 Å². The molecule has 0 fully saturated rings. The molecule has 1 amide bonds. The summed E-state index contributed by atoms with van der Waals surface area (Å²) >= 11 is 12.1. The number of halogens is 3. The van der Waals surface area contributed by atoms with E-state index in [0.717, 1.165) is 5.56 Å². The maximum Gasteiger partial charge on any atom is 0.257 e. The van der Waals surface area contributed by atoms with E-state index in [9.17, 15) is 9.18 Å². The van der Waals surface area contributed by atoms with Crippen molar-refractivity contribution in [3.8, 4) is 0 Å². The molecule has 2 aromatic carbocycles. The summed E-state index contributed by atoms with van der Waals surface area (Å²) in [7, 11) is 1.55. The van der Waals surface area contributed by atoms with Gasteiger partial charge < -0.3 is 10.6 Å². The number of hydrogen-bond donors (Lipinski definition) is 2. The van der Waals surface area contributed by atoms with E-state index in [-0.39, 0.29) is 11.3 Å². The van der Waals surface area contributed by atoms with Gasteiger partial charge in [0.1, 0.15) is 5.82 Å². The zero-order valence-electron chi connectivity index (χ0n) is 11.4. The van der Waals surface area contributed by atoms with Crippen molar-refractivity contribution in [2.45, 2.75) is 6.92 Å². The Morgan fingerprint density at radius 1 is 1.19 bits per heavy atom. The highest BCUT2D eigenvalue weighted by Crippen LogP contribution is 2.30. The standard InChI is InChI=1S/C15H13Cl2FN2O/c1-8-6-11(17)13(7-10(8)16)20-15(21)9-4-3-5-12(18)14(9)19-2/h3-7,19H,1-2H3,(H,20,21). The van der Waals surface area contributed by atoms with Gasteiger partial charge in [-0.3, -0.25) is 4.79 Å². The highest BCUT2D eigenvalue weighted by molar-refractivity contribution is 6.36. The SMILES string of the molecule is CNc1c(F)cccc1C(=O)Nc1cc(Cl)c(C)cc1Cl. The van der Waals surface area contributed by atoms with Crippen LogP contribution in [0.4, 0.5) is 15.8 Å². The first-order chi connectivity index (χ1) is 9.93. The lowest BCUT2D eigenvalue weighted by molar-refractivity contribution is 0.102. The van der Waals surface area contributed by atoms with Gasteiger partial charge in [-0.15, -0.1) is 0 Å². The van der Waals surface area contributed by atoms with Crippen LogP contribution in [-0.2, 0) is 0 Å². The molecule has 0 unspecified atom stereocenters. The number of hydrogen-bond acceptors (Lipinski definition) is 2. The van der Waals surface area contributed by atoms with Crippen LogP contribution in [0.25, 0.3) is 0 Å². The first kappa shape index (κ1) is 15.6. The molecule has 0 radical (unpaired) electrons. The van der Waals surface area contributed by atoms with Gasteiger partial charge in [0.05, 0.1) is 22.0 Å². The highest BCUT2D eigenvalue weighted by Gasteiger charge is 2.16. The highest BCUT2D eigenvalue weighted by atomic mass is 35.5. The fourth-order valence-corrected chi connectivity index (χ4v) is 2.33. The van der Waals surface area contributed by atoms with Crippen molar-refractivity contribution in [2.24, 2.45) is 0 Å². The van der Waals surface area contributed by atoms with Gasteiger partial charge in [0.15, 0.2) is 0 Å². The van der Waals surface area contributed by atoms with Crippen molar-refractivity contribution >= 4 is 40.5 Å². The molecule has 6 heteroatoms. The Labute approximate surface area is 132 Å². The lowest BCUT2D eigenvalue weighted by Crippen LogP contribution is -2.15. The summed E-state index contributed by atoms with van der Waals surface area (Å²) in [4.78, 5) is 12.3. The molecule has 2 N–H and O–H groups in total. The predicted molar refractivity (Wildman–Crippen MR) is 85.1 cm³/mol. The molecule has 21 heavy (non-hydrogen) atoms. The summed E-state index contributed by atoms with van der Waals surface area (Å²) in [6.07, 6.45) is 0. The van der Waals surface area contributed by atoms with Crippen LogP contribution < -0.4 is 10.6 Å². The molecule has 0 saturated heterocycles. The number of carbonyl (C=O) groups is 1.